The molecule has 3 aromatic carbocycles. The number of rotatable bonds is 3. The predicted molar refractivity (Wildman–Crippen MR) is 134 cm³/mol. The molecule has 1 amide bonds. The Morgan fingerprint density at radius 3 is 2.36 bits per heavy atom. The van der Waals surface area contributed by atoms with Crippen molar-refractivity contribution >= 4 is 34.7 Å². The molecule has 0 saturated carbocycles. The van der Waals surface area contributed by atoms with Gasteiger partial charge in [-0.2, -0.15) is 0 Å². The van der Waals surface area contributed by atoms with Crippen LogP contribution in [0.5, 0.6) is 11.5 Å². The number of fused-ring (bicyclic) bond motifs is 1. The molecule has 8 heteroatoms. The first-order chi connectivity index (χ1) is 17.1. The number of anilines is 1. The highest BCUT2D eigenvalue weighted by Crippen LogP contribution is 2.44. The van der Waals surface area contributed by atoms with Gasteiger partial charge in [0.2, 0.25) is 6.79 Å². The quantitative estimate of drug-likeness (QED) is 0.262. The normalized spacial score (nSPS) is 18.7. The van der Waals surface area contributed by atoms with Gasteiger partial charge in [0.15, 0.2) is 11.5 Å². The molecular weight excluding hydrogens is 485 g/mol. The minimum atomic E-state index is -0.967. The highest BCUT2D eigenvalue weighted by Gasteiger charge is 2.47. The summed E-state index contributed by atoms with van der Waals surface area (Å²) in [5, 5.41) is 11.1. The summed E-state index contributed by atoms with van der Waals surface area (Å²) in [7, 11) is 0. The molecule has 0 aromatic heterocycles. The summed E-state index contributed by atoms with van der Waals surface area (Å²) >= 11 is 6.00. The number of carbonyl (C=O) groups is 2. The van der Waals surface area contributed by atoms with Crippen LogP contribution in [0.4, 0.5) is 10.1 Å². The van der Waals surface area contributed by atoms with Crippen molar-refractivity contribution in [2.24, 2.45) is 0 Å². The van der Waals surface area contributed by atoms with Crippen molar-refractivity contribution in [3.05, 3.63) is 93.8 Å². The van der Waals surface area contributed by atoms with Crippen LogP contribution >= 0.6 is 11.6 Å². The van der Waals surface area contributed by atoms with Crippen LogP contribution in [0.3, 0.4) is 0 Å². The number of aliphatic hydroxyl groups excluding tert-OH is 1. The Kier molecular flexibility index (Phi) is 5.75. The molecule has 0 spiro atoms. The zero-order valence-corrected chi connectivity index (χ0v) is 20.6. The van der Waals surface area contributed by atoms with E-state index in [1.165, 1.54) is 17.0 Å². The van der Waals surface area contributed by atoms with Gasteiger partial charge in [-0.15, -0.1) is 0 Å². The van der Waals surface area contributed by atoms with Gasteiger partial charge in [0.25, 0.3) is 11.7 Å². The monoisotopic (exact) mass is 507 g/mol. The fourth-order valence-electron chi connectivity index (χ4n) is 4.41. The van der Waals surface area contributed by atoms with E-state index in [1.807, 2.05) is 24.3 Å². The van der Waals surface area contributed by atoms with E-state index < -0.39 is 23.5 Å². The van der Waals surface area contributed by atoms with Crippen molar-refractivity contribution in [2.75, 3.05) is 11.7 Å². The summed E-state index contributed by atoms with van der Waals surface area (Å²) in [5.74, 6) is -1.79. The van der Waals surface area contributed by atoms with Gasteiger partial charge >= 0.3 is 0 Å². The van der Waals surface area contributed by atoms with Gasteiger partial charge in [-0.25, -0.2) is 4.39 Å². The second-order valence-corrected chi connectivity index (χ2v) is 10.1. The molecule has 2 heterocycles. The molecule has 1 unspecified atom stereocenters. The number of hydrogen-bond donors (Lipinski definition) is 1. The van der Waals surface area contributed by atoms with Gasteiger partial charge in [0.05, 0.1) is 16.6 Å². The predicted octanol–water partition coefficient (Wildman–Crippen LogP) is 6.13. The van der Waals surface area contributed by atoms with Gasteiger partial charge in [0.1, 0.15) is 11.6 Å². The Labute approximate surface area is 212 Å². The van der Waals surface area contributed by atoms with Crippen LogP contribution in [0.1, 0.15) is 43.5 Å². The maximum atomic E-state index is 13.9. The SMILES string of the molecule is CC(C)(C)c1ccc(C2/C(=C(/O)c3ccc4c(c3)OCO4)C(=O)C(=O)N2c2ccc(F)c(Cl)c2)cc1. The summed E-state index contributed by atoms with van der Waals surface area (Å²) in [6.45, 7) is 6.28. The fourth-order valence-corrected chi connectivity index (χ4v) is 4.59. The lowest BCUT2D eigenvalue weighted by molar-refractivity contribution is -0.132. The number of hydrogen-bond acceptors (Lipinski definition) is 5. The average Bonchev–Trinajstić information content (AvgIpc) is 3.42. The lowest BCUT2D eigenvalue weighted by atomic mass is 9.85. The van der Waals surface area contributed by atoms with Crippen molar-refractivity contribution < 1.29 is 28.6 Å². The molecule has 3 aromatic rings. The molecule has 2 aliphatic heterocycles. The number of carbonyl (C=O) groups excluding carboxylic acids is 2. The van der Waals surface area contributed by atoms with Crippen LogP contribution in [0.25, 0.3) is 5.76 Å². The summed E-state index contributed by atoms with van der Waals surface area (Å²) in [6.07, 6.45) is 0. The summed E-state index contributed by atoms with van der Waals surface area (Å²) < 4.78 is 24.6. The van der Waals surface area contributed by atoms with Crippen LogP contribution in [-0.4, -0.2) is 23.6 Å². The molecule has 184 valence electrons. The molecule has 0 bridgehead atoms. The minimum Gasteiger partial charge on any atom is -0.507 e. The molecule has 36 heavy (non-hydrogen) atoms. The molecule has 1 saturated heterocycles. The van der Waals surface area contributed by atoms with E-state index >= 15 is 0 Å². The lowest BCUT2D eigenvalue weighted by Gasteiger charge is -2.27. The number of ketones is 1. The summed E-state index contributed by atoms with van der Waals surface area (Å²) in [4.78, 5) is 27.9. The average molecular weight is 508 g/mol. The Morgan fingerprint density at radius 2 is 1.69 bits per heavy atom. The third kappa shape index (κ3) is 3.99. The van der Waals surface area contributed by atoms with Crippen molar-refractivity contribution in [3.8, 4) is 11.5 Å². The van der Waals surface area contributed by atoms with E-state index in [4.69, 9.17) is 21.1 Å². The smallest absolute Gasteiger partial charge is 0.300 e. The molecule has 1 atom stereocenters. The maximum Gasteiger partial charge on any atom is 0.300 e. The number of aliphatic hydroxyl groups is 1. The number of halogens is 2. The molecule has 0 radical (unpaired) electrons. The first-order valence-corrected chi connectivity index (χ1v) is 11.7. The van der Waals surface area contributed by atoms with E-state index in [0.717, 1.165) is 11.6 Å². The van der Waals surface area contributed by atoms with Gasteiger partial charge in [0, 0.05) is 11.3 Å². The maximum absolute atomic E-state index is 13.9. The second-order valence-electron chi connectivity index (χ2n) is 9.71. The molecule has 1 N–H and O–H groups in total. The van der Waals surface area contributed by atoms with E-state index in [0.29, 0.717) is 22.6 Å². The van der Waals surface area contributed by atoms with E-state index in [2.05, 4.69) is 20.8 Å². The zero-order valence-electron chi connectivity index (χ0n) is 19.8. The zero-order chi connectivity index (χ0) is 25.8. The topological polar surface area (TPSA) is 76.1 Å². The van der Waals surface area contributed by atoms with Gasteiger partial charge < -0.3 is 14.6 Å². The lowest BCUT2D eigenvalue weighted by Crippen LogP contribution is -2.29. The van der Waals surface area contributed by atoms with Crippen LogP contribution in [0, 0.1) is 5.82 Å². The van der Waals surface area contributed by atoms with Crippen molar-refractivity contribution in [3.63, 3.8) is 0 Å². The minimum absolute atomic E-state index is 0.0510. The molecule has 2 aliphatic rings. The highest BCUT2D eigenvalue weighted by atomic mass is 35.5. The van der Waals surface area contributed by atoms with Crippen molar-refractivity contribution in [2.45, 2.75) is 32.2 Å². The number of Topliss-reactive ketones (excluding diaryl/α,β-unsaturated/α-hetero) is 1. The third-order valence-corrected chi connectivity index (χ3v) is 6.65. The Bertz CT molecular complexity index is 1420. The van der Waals surface area contributed by atoms with Gasteiger partial charge in [-0.3, -0.25) is 14.5 Å². The van der Waals surface area contributed by atoms with Crippen LogP contribution < -0.4 is 14.4 Å². The number of benzene rings is 3. The second kappa shape index (κ2) is 8.68. The van der Waals surface area contributed by atoms with E-state index in [-0.39, 0.29) is 34.3 Å². The highest BCUT2D eigenvalue weighted by molar-refractivity contribution is 6.51. The fraction of sp³-hybridized carbons (Fsp3) is 0.214. The van der Waals surface area contributed by atoms with Gasteiger partial charge in [-0.1, -0.05) is 56.6 Å². The molecule has 6 nitrogen and oxygen atoms in total. The molecule has 1 fully saturated rings. The standard InChI is InChI=1S/C28H23ClFNO5/c1-28(2,3)17-7-4-15(5-8-17)24-23(25(32)16-6-11-21-22(12-16)36-14-35-21)26(33)27(34)31(24)18-9-10-20(30)19(29)13-18/h4-13,24,32H,14H2,1-3H3/b25-23-. The first-order valence-electron chi connectivity index (χ1n) is 11.3. The largest absolute Gasteiger partial charge is 0.507 e. The van der Waals surface area contributed by atoms with E-state index in [9.17, 15) is 19.1 Å². The summed E-state index contributed by atoms with van der Waals surface area (Å²) in [6, 6.07) is 15.1. The summed E-state index contributed by atoms with van der Waals surface area (Å²) in [5.41, 5.74) is 1.98. The van der Waals surface area contributed by atoms with Crippen molar-refractivity contribution in [1.82, 2.24) is 0 Å². The molecule has 5 rings (SSSR count). The van der Waals surface area contributed by atoms with Crippen LogP contribution in [-0.2, 0) is 15.0 Å². The number of nitrogens with zero attached hydrogens (tertiary/aromatic N) is 1. The number of amides is 1. The first kappa shape index (κ1) is 23.9. The Hall–Kier alpha value is -3.84. The van der Waals surface area contributed by atoms with Crippen LogP contribution in [0.2, 0.25) is 5.02 Å². The van der Waals surface area contributed by atoms with Gasteiger partial charge in [-0.05, 0) is 52.9 Å². The van der Waals surface area contributed by atoms with Crippen molar-refractivity contribution in [1.29, 1.82) is 0 Å². The van der Waals surface area contributed by atoms with E-state index in [1.54, 1.807) is 18.2 Å². The number of ether oxygens (including phenoxy) is 2. The molecular formula is C28H23ClFNO5. The van der Waals surface area contributed by atoms with Crippen LogP contribution in [0.15, 0.2) is 66.2 Å². The molecule has 0 aliphatic carbocycles. The third-order valence-electron chi connectivity index (χ3n) is 6.36. The Morgan fingerprint density at radius 1 is 1.00 bits per heavy atom. The Balaban J connectivity index is 1.70.